The van der Waals surface area contributed by atoms with Crippen LogP contribution >= 0.6 is 0 Å². The summed E-state index contributed by atoms with van der Waals surface area (Å²) in [5, 5.41) is 14.9. The van der Waals surface area contributed by atoms with Crippen LogP contribution in [-0.4, -0.2) is 16.4 Å². The fourth-order valence-corrected chi connectivity index (χ4v) is 1.27. The highest BCUT2D eigenvalue weighted by Gasteiger charge is 2.07. The average Bonchev–Trinajstić information content (AvgIpc) is 2.23. The van der Waals surface area contributed by atoms with Crippen LogP contribution in [-0.2, 0) is 0 Å². The van der Waals surface area contributed by atoms with Crippen molar-refractivity contribution in [1.29, 1.82) is 10.8 Å². The Kier molecular flexibility index (Phi) is 2.07. The molecule has 0 aromatic carbocycles. The highest BCUT2D eigenvalue weighted by molar-refractivity contribution is 6.50. The first-order valence-electron chi connectivity index (χ1n) is 4.25. The summed E-state index contributed by atoms with van der Waals surface area (Å²) in [5.41, 5.74) is 2.48. The average molecular weight is 183 g/mol. The fraction of sp³-hybridized carbons (Fsp3) is 0. The standard InChI is InChI=1S/C11H9N3/c12-10-2-1-9(7-11(10)13)8-3-5-14-6-4-8/h1-7,12-13H. The first-order chi connectivity index (χ1) is 6.77. The van der Waals surface area contributed by atoms with E-state index in [-0.39, 0.29) is 11.4 Å². The minimum atomic E-state index is 0.249. The Morgan fingerprint density at radius 1 is 0.929 bits per heavy atom. The van der Waals surface area contributed by atoms with Crippen molar-refractivity contribution in [1.82, 2.24) is 4.98 Å². The van der Waals surface area contributed by atoms with Crippen molar-refractivity contribution in [2.45, 2.75) is 0 Å². The third kappa shape index (κ3) is 1.52. The van der Waals surface area contributed by atoms with Crippen LogP contribution < -0.4 is 0 Å². The molecule has 0 bridgehead atoms. The van der Waals surface area contributed by atoms with E-state index in [1.54, 1.807) is 24.5 Å². The Bertz CT molecular complexity index is 441. The molecule has 0 spiro atoms. The van der Waals surface area contributed by atoms with Gasteiger partial charge in [-0.25, -0.2) is 0 Å². The largest absolute Gasteiger partial charge is 0.299 e. The molecule has 1 aromatic rings. The molecule has 14 heavy (non-hydrogen) atoms. The van der Waals surface area contributed by atoms with Crippen LogP contribution in [0.3, 0.4) is 0 Å². The van der Waals surface area contributed by atoms with Crippen LogP contribution in [0.4, 0.5) is 0 Å². The summed E-state index contributed by atoms with van der Waals surface area (Å²) in [6.45, 7) is 0. The number of pyridine rings is 1. The van der Waals surface area contributed by atoms with Crippen LogP contribution in [0, 0.1) is 10.8 Å². The number of nitrogens with zero attached hydrogens (tertiary/aromatic N) is 1. The Morgan fingerprint density at radius 2 is 1.64 bits per heavy atom. The maximum Gasteiger partial charge on any atom is 0.0795 e. The summed E-state index contributed by atoms with van der Waals surface area (Å²) < 4.78 is 0. The number of hydrogen-bond donors (Lipinski definition) is 2. The SMILES string of the molecule is N=C1C=CC(c2ccncc2)=CC1=N. The van der Waals surface area contributed by atoms with Gasteiger partial charge in [-0.15, -0.1) is 0 Å². The number of rotatable bonds is 1. The molecule has 1 aliphatic rings. The van der Waals surface area contributed by atoms with Gasteiger partial charge in [0.05, 0.1) is 11.4 Å². The molecule has 0 saturated carbocycles. The van der Waals surface area contributed by atoms with E-state index in [9.17, 15) is 0 Å². The van der Waals surface area contributed by atoms with Crippen molar-refractivity contribution in [2.24, 2.45) is 0 Å². The molecule has 1 heterocycles. The molecule has 0 aliphatic heterocycles. The lowest BCUT2D eigenvalue weighted by molar-refractivity contribution is 1.32. The van der Waals surface area contributed by atoms with Gasteiger partial charge >= 0.3 is 0 Å². The molecule has 1 aromatic heterocycles. The van der Waals surface area contributed by atoms with Crippen LogP contribution in [0.2, 0.25) is 0 Å². The lowest BCUT2D eigenvalue weighted by atomic mass is 9.98. The first kappa shape index (κ1) is 8.56. The van der Waals surface area contributed by atoms with Crippen LogP contribution in [0.15, 0.2) is 42.8 Å². The topological polar surface area (TPSA) is 60.6 Å². The lowest BCUT2D eigenvalue weighted by Gasteiger charge is -2.07. The van der Waals surface area contributed by atoms with E-state index in [4.69, 9.17) is 10.8 Å². The second-order valence-corrected chi connectivity index (χ2v) is 3.00. The molecular weight excluding hydrogens is 174 g/mol. The maximum absolute atomic E-state index is 7.51. The van der Waals surface area contributed by atoms with Crippen LogP contribution in [0.5, 0.6) is 0 Å². The zero-order chi connectivity index (χ0) is 9.97. The molecule has 0 saturated heterocycles. The van der Waals surface area contributed by atoms with Crippen molar-refractivity contribution in [2.75, 3.05) is 0 Å². The number of aromatic nitrogens is 1. The highest BCUT2D eigenvalue weighted by Crippen LogP contribution is 2.17. The summed E-state index contributed by atoms with van der Waals surface area (Å²) in [6, 6.07) is 3.77. The Balaban J connectivity index is 2.39. The summed E-state index contributed by atoms with van der Waals surface area (Å²) in [4.78, 5) is 3.93. The van der Waals surface area contributed by atoms with E-state index in [1.807, 2.05) is 18.2 Å². The Morgan fingerprint density at radius 3 is 2.29 bits per heavy atom. The third-order valence-corrected chi connectivity index (χ3v) is 2.03. The second-order valence-electron chi connectivity index (χ2n) is 3.00. The van der Waals surface area contributed by atoms with Gasteiger partial charge in [0.15, 0.2) is 0 Å². The molecule has 0 atom stereocenters. The zero-order valence-corrected chi connectivity index (χ0v) is 7.49. The van der Waals surface area contributed by atoms with Crippen molar-refractivity contribution >= 4 is 17.0 Å². The van der Waals surface area contributed by atoms with Gasteiger partial charge in [0.2, 0.25) is 0 Å². The molecule has 2 rings (SSSR count). The van der Waals surface area contributed by atoms with Gasteiger partial charge in [0.1, 0.15) is 0 Å². The van der Waals surface area contributed by atoms with Crippen molar-refractivity contribution in [3.05, 3.63) is 48.3 Å². The molecule has 68 valence electrons. The molecular formula is C11H9N3. The fourth-order valence-electron chi connectivity index (χ4n) is 1.27. The number of nitrogens with one attached hydrogen (secondary N) is 2. The molecule has 3 nitrogen and oxygen atoms in total. The quantitative estimate of drug-likeness (QED) is 0.643. The summed E-state index contributed by atoms with van der Waals surface area (Å²) in [5.74, 6) is 0. The van der Waals surface area contributed by atoms with Crippen molar-refractivity contribution < 1.29 is 0 Å². The predicted octanol–water partition coefficient (Wildman–Crippen LogP) is 2.07. The summed E-state index contributed by atoms with van der Waals surface area (Å²) in [6.07, 6.45) is 8.60. The van der Waals surface area contributed by atoms with E-state index in [0.717, 1.165) is 11.1 Å². The van der Waals surface area contributed by atoms with Gasteiger partial charge in [0.25, 0.3) is 0 Å². The monoisotopic (exact) mass is 183 g/mol. The Hall–Kier alpha value is -2.03. The van der Waals surface area contributed by atoms with E-state index >= 15 is 0 Å². The molecule has 0 fully saturated rings. The molecule has 2 N–H and O–H groups in total. The van der Waals surface area contributed by atoms with Gasteiger partial charge in [0, 0.05) is 12.4 Å². The minimum absolute atomic E-state index is 0.249. The van der Waals surface area contributed by atoms with E-state index in [0.29, 0.717) is 0 Å². The van der Waals surface area contributed by atoms with E-state index < -0.39 is 0 Å². The molecule has 3 heteroatoms. The van der Waals surface area contributed by atoms with Crippen molar-refractivity contribution in [3.8, 4) is 0 Å². The van der Waals surface area contributed by atoms with E-state index in [1.165, 1.54) is 0 Å². The zero-order valence-electron chi connectivity index (χ0n) is 7.49. The van der Waals surface area contributed by atoms with Gasteiger partial charge in [-0.1, -0.05) is 6.08 Å². The predicted molar refractivity (Wildman–Crippen MR) is 56.8 cm³/mol. The maximum atomic E-state index is 7.51. The van der Waals surface area contributed by atoms with Gasteiger partial charge < -0.3 is 0 Å². The second kappa shape index (κ2) is 3.38. The van der Waals surface area contributed by atoms with E-state index in [2.05, 4.69) is 4.98 Å². The minimum Gasteiger partial charge on any atom is -0.299 e. The molecule has 0 unspecified atom stereocenters. The highest BCUT2D eigenvalue weighted by atomic mass is 14.6. The number of allylic oxidation sites excluding steroid dienone is 4. The summed E-state index contributed by atoms with van der Waals surface area (Å²) >= 11 is 0. The van der Waals surface area contributed by atoms with Crippen molar-refractivity contribution in [3.63, 3.8) is 0 Å². The van der Waals surface area contributed by atoms with Gasteiger partial charge in [-0.05, 0) is 35.4 Å². The van der Waals surface area contributed by atoms with Crippen LogP contribution in [0.25, 0.3) is 5.57 Å². The Labute approximate surface area is 81.8 Å². The molecule has 1 aliphatic carbocycles. The normalized spacial score (nSPS) is 15.6. The molecule has 0 radical (unpaired) electrons. The summed E-state index contributed by atoms with van der Waals surface area (Å²) in [7, 11) is 0. The lowest BCUT2D eigenvalue weighted by Crippen LogP contribution is -2.09. The van der Waals surface area contributed by atoms with Gasteiger partial charge in [-0.3, -0.25) is 15.8 Å². The smallest absolute Gasteiger partial charge is 0.0795 e. The number of hydrogen-bond acceptors (Lipinski definition) is 3. The third-order valence-electron chi connectivity index (χ3n) is 2.03. The molecule has 0 amide bonds. The first-order valence-corrected chi connectivity index (χ1v) is 4.25. The van der Waals surface area contributed by atoms with Crippen LogP contribution in [0.1, 0.15) is 5.56 Å². The van der Waals surface area contributed by atoms with Gasteiger partial charge in [-0.2, -0.15) is 0 Å².